The Morgan fingerprint density at radius 1 is 1.13 bits per heavy atom. The van der Waals surface area contributed by atoms with Crippen LogP contribution in [0.2, 0.25) is 0 Å². The molecule has 1 saturated carbocycles. The quantitative estimate of drug-likeness (QED) is 0.275. The first-order chi connectivity index (χ1) is 14.0. The van der Waals surface area contributed by atoms with E-state index in [-0.39, 0.29) is 41.1 Å². The first-order valence-electron chi connectivity index (χ1n) is 10.2. The first kappa shape index (κ1) is 24.1. The van der Waals surface area contributed by atoms with E-state index in [0.717, 1.165) is 49.6 Å². The van der Waals surface area contributed by atoms with Gasteiger partial charge in [0.15, 0.2) is 5.96 Å². The third kappa shape index (κ3) is 6.97. The van der Waals surface area contributed by atoms with Crippen LogP contribution in [-0.2, 0) is 16.6 Å². The molecule has 0 aliphatic heterocycles. The van der Waals surface area contributed by atoms with Crippen molar-refractivity contribution in [2.75, 3.05) is 25.0 Å². The minimum absolute atomic E-state index is 0. The lowest BCUT2D eigenvalue weighted by Gasteiger charge is -2.16. The molecule has 0 unspecified atom stereocenters. The van der Waals surface area contributed by atoms with Gasteiger partial charge < -0.3 is 16.0 Å². The second-order valence-electron chi connectivity index (χ2n) is 7.54. The summed E-state index contributed by atoms with van der Waals surface area (Å²) in [5, 5.41) is 9.42. The molecule has 5 nitrogen and oxygen atoms in total. The maximum atomic E-state index is 13.6. The Balaban J connectivity index is 0.00000320. The van der Waals surface area contributed by atoms with Crippen molar-refractivity contribution in [3.05, 3.63) is 65.5 Å². The summed E-state index contributed by atoms with van der Waals surface area (Å²) in [5.74, 6) is 0.523. The van der Waals surface area contributed by atoms with Crippen LogP contribution in [0.1, 0.15) is 37.8 Å². The van der Waals surface area contributed by atoms with Crippen molar-refractivity contribution in [3.63, 3.8) is 0 Å². The molecule has 30 heavy (non-hydrogen) atoms. The van der Waals surface area contributed by atoms with Gasteiger partial charge >= 0.3 is 0 Å². The molecule has 0 aromatic heterocycles. The van der Waals surface area contributed by atoms with Crippen molar-refractivity contribution < 1.29 is 9.18 Å². The van der Waals surface area contributed by atoms with Crippen LogP contribution in [0.25, 0.3) is 0 Å². The van der Waals surface area contributed by atoms with Crippen LogP contribution in [-0.4, -0.2) is 31.5 Å². The normalized spacial score (nSPS) is 14.4. The molecule has 1 aliphatic carbocycles. The number of benzene rings is 2. The molecule has 0 radical (unpaired) electrons. The van der Waals surface area contributed by atoms with Crippen molar-refractivity contribution in [2.24, 2.45) is 4.99 Å². The first-order valence-corrected chi connectivity index (χ1v) is 10.2. The van der Waals surface area contributed by atoms with Gasteiger partial charge in [0.1, 0.15) is 5.82 Å². The molecule has 3 N–H and O–H groups in total. The van der Waals surface area contributed by atoms with Crippen LogP contribution in [0.15, 0.2) is 53.5 Å². The maximum Gasteiger partial charge on any atom is 0.221 e. The van der Waals surface area contributed by atoms with Crippen molar-refractivity contribution in [1.82, 2.24) is 10.6 Å². The summed E-state index contributed by atoms with van der Waals surface area (Å²) in [4.78, 5) is 15.8. The molecule has 0 spiro atoms. The standard InChI is InChI=1S/C23H29FN4O.HI/c1-3-25-22(26-14-11-18-7-9-21(10-8-18)28-17(2)29)27-16-23(12-13-23)19-5-4-6-20(24)15-19;/h4-10,15H,3,11-14,16H2,1-2H3,(H,28,29)(H2,25,26,27);1H. The number of guanidine groups is 1. The molecule has 0 heterocycles. The molecule has 3 rings (SSSR count). The molecule has 162 valence electrons. The molecule has 1 fully saturated rings. The second-order valence-corrected chi connectivity index (χ2v) is 7.54. The molecule has 0 bridgehead atoms. The molecule has 1 aliphatic rings. The van der Waals surface area contributed by atoms with Gasteiger partial charge in [-0.15, -0.1) is 24.0 Å². The van der Waals surface area contributed by atoms with E-state index in [9.17, 15) is 9.18 Å². The third-order valence-electron chi connectivity index (χ3n) is 5.16. The van der Waals surface area contributed by atoms with Gasteiger partial charge in [-0.2, -0.15) is 0 Å². The topological polar surface area (TPSA) is 65.5 Å². The summed E-state index contributed by atoms with van der Waals surface area (Å²) in [6.07, 6.45) is 2.93. The molecule has 2 aromatic carbocycles. The summed E-state index contributed by atoms with van der Waals surface area (Å²) >= 11 is 0. The van der Waals surface area contributed by atoms with Gasteiger partial charge in [-0.05, 0) is 61.6 Å². The SMILES string of the molecule is CCNC(=NCC1(c2cccc(F)c2)CC1)NCCc1ccc(NC(C)=O)cc1.I. The minimum atomic E-state index is -0.188. The number of halogens is 2. The van der Waals surface area contributed by atoms with Gasteiger partial charge in [0.2, 0.25) is 5.91 Å². The summed E-state index contributed by atoms with van der Waals surface area (Å²) in [6.45, 7) is 5.72. The third-order valence-corrected chi connectivity index (χ3v) is 5.16. The summed E-state index contributed by atoms with van der Waals surface area (Å²) in [7, 11) is 0. The average Bonchev–Trinajstić information content (AvgIpc) is 3.48. The van der Waals surface area contributed by atoms with Crippen molar-refractivity contribution in [1.29, 1.82) is 0 Å². The Labute approximate surface area is 195 Å². The Morgan fingerprint density at radius 3 is 2.47 bits per heavy atom. The molecular formula is C23H30FIN4O. The van der Waals surface area contributed by atoms with E-state index in [1.54, 1.807) is 12.1 Å². The van der Waals surface area contributed by atoms with Gasteiger partial charge in [0.05, 0.1) is 6.54 Å². The number of aliphatic imine (C=N–C) groups is 1. The van der Waals surface area contributed by atoms with Crippen LogP contribution in [0.4, 0.5) is 10.1 Å². The Bertz CT molecular complexity index is 866. The zero-order valence-electron chi connectivity index (χ0n) is 17.5. The molecular weight excluding hydrogens is 494 g/mol. The summed E-state index contributed by atoms with van der Waals surface area (Å²) in [6, 6.07) is 14.7. The fourth-order valence-electron chi connectivity index (χ4n) is 3.36. The average molecular weight is 524 g/mol. The minimum Gasteiger partial charge on any atom is -0.357 e. The van der Waals surface area contributed by atoms with Crippen LogP contribution in [0.5, 0.6) is 0 Å². The lowest BCUT2D eigenvalue weighted by Crippen LogP contribution is -2.39. The zero-order valence-corrected chi connectivity index (χ0v) is 19.8. The van der Waals surface area contributed by atoms with Crippen LogP contribution in [0.3, 0.4) is 0 Å². The number of anilines is 1. The fraction of sp³-hybridized carbons (Fsp3) is 0.391. The van der Waals surface area contributed by atoms with Crippen LogP contribution in [0, 0.1) is 5.82 Å². The molecule has 0 atom stereocenters. The number of rotatable bonds is 8. The second kappa shape index (κ2) is 11.3. The highest BCUT2D eigenvalue weighted by atomic mass is 127. The monoisotopic (exact) mass is 524 g/mol. The number of nitrogens with one attached hydrogen (secondary N) is 3. The van der Waals surface area contributed by atoms with Gasteiger partial charge in [0.25, 0.3) is 0 Å². The van der Waals surface area contributed by atoms with E-state index in [1.165, 1.54) is 18.6 Å². The smallest absolute Gasteiger partial charge is 0.221 e. The number of nitrogens with zero attached hydrogens (tertiary/aromatic N) is 1. The number of hydrogen-bond acceptors (Lipinski definition) is 2. The van der Waals surface area contributed by atoms with E-state index < -0.39 is 0 Å². The predicted molar refractivity (Wildman–Crippen MR) is 131 cm³/mol. The molecule has 0 saturated heterocycles. The van der Waals surface area contributed by atoms with Gasteiger partial charge in [0, 0.05) is 31.1 Å². The van der Waals surface area contributed by atoms with Crippen molar-refractivity contribution >= 4 is 41.5 Å². The largest absolute Gasteiger partial charge is 0.357 e. The van der Waals surface area contributed by atoms with E-state index in [0.29, 0.717) is 6.54 Å². The lowest BCUT2D eigenvalue weighted by atomic mass is 9.96. The van der Waals surface area contributed by atoms with E-state index in [4.69, 9.17) is 4.99 Å². The van der Waals surface area contributed by atoms with Gasteiger partial charge in [-0.25, -0.2) is 4.39 Å². The number of carbonyl (C=O) groups is 1. The Hall–Kier alpha value is -2.16. The van der Waals surface area contributed by atoms with Gasteiger partial charge in [-0.1, -0.05) is 24.3 Å². The highest BCUT2D eigenvalue weighted by Gasteiger charge is 2.44. The van der Waals surface area contributed by atoms with E-state index in [2.05, 4.69) is 16.0 Å². The molecule has 2 aromatic rings. The van der Waals surface area contributed by atoms with Gasteiger partial charge in [-0.3, -0.25) is 9.79 Å². The Morgan fingerprint density at radius 2 is 1.87 bits per heavy atom. The maximum absolute atomic E-state index is 13.6. The zero-order chi connectivity index (χ0) is 20.7. The number of hydrogen-bond donors (Lipinski definition) is 3. The highest BCUT2D eigenvalue weighted by molar-refractivity contribution is 14.0. The van der Waals surface area contributed by atoms with Crippen LogP contribution < -0.4 is 16.0 Å². The van der Waals surface area contributed by atoms with Crippen LogP contribution >= 0.6 is 24.0 Å². The Kier molecular flexibility index (Phi) is 9.08. The number of carbonyl (C=O) groups excluding carboxylic acids is 1. The molecule has 1 amide bonds. The number of amides is 1. The van der Waals surface area contributed by atoms with E-state index >= 15 is 0 Å². The highest BCUT2D eigenvalue weighted by Crippen LogP contribution is 2.48. The fourth-order valence-corrected chi connectivity index (χ4v) is 3.36. The van der Waals surface area contributed by atoms with E-state index in [1.807, 2.05) is 37.3 Å². The molecule has 7 heteroatoms. The summed E-state index contributed by atoms with van der Waals surface area (Å²) in [5.41, 5.74) is 3.00. The predicted octanol–water partition coefficient (Wildman–Crippen LogP) is 4.23. The van der Waals surface area contributed by atoms with Crippen molar-refractivity contribution in [3.8, 4) is 0 Å². The lowest BCUT2D eigenvalue weighted by molar-refractivity contribution is -0.114. The van der Waals surface area contributed by atoms with Crippen molar-refractivity contribution in [2.45, 2.75) is 38.5 Å². The summed E-state index contributed by atoms with van der Waals surface area (Å²) < 4.78 is 13.6.